The Morgan fingerprint density at radius 1 is 1.06 bits per heavy atom. The van der Waals surface area contributed by atoms with Gasteiger partial charge in [-0.1, -0.05) is 26.0 Å². The third-order valence-electron chi connectivity index (χ3n) is 12.4. The van der Waals surface area contributed by atoms with Crippen molar-refractivity contribution < 1.29 is 18.7 Å². The summed E-state index contributed by atoms with van der Waals surface area (Å²) in [7, 11) is 0. The number of carbonyl (C=O) groups is 2. The van der Waals surface area contributed by atoms with Crippen LogP contribution in [0.1, 0.15) is 77.8 Å². The lowest BCUT2D eigenvalue weighted by Crippen LogP contribution is -2.58. The molecule has 2 amide bonds. The summed E-state index contributed by atoms with van der Waals surface area (Å²) in [5, 5.41) is 3.23. The number of likely N-dealkylation sites (tertiary alicyclic amines) is 2. The number of aromatic nitrogens is 4. The highest BCUT2D eigenvalue weighted by atomic mass is 19.1. The first-order valence-corrected chi connectivity index (χ1v) is 18.9. The van der Waals surface area contributed by atoms with Crippen molar-refractivity contribution in [2.45, 2.75) is 95.9 Å². The highest BCUT2D eigenvalue weighted by Crippen LogP contribution is 2.52. The first-order chi connectivity index (χ1) is 25.0. The van der Waals surface area contributed by atoms with E-state index < -0.39 is 11.2 Å². The van der Waals surface area contributed by atoms with Gasteiger partial charge in [0.05, 0.1) is 41.4 Å². The Balaban J connectivity index is 1.08. The molecule has 1 saturated carbocycles. The normalized spacial score (nSPS) is 25.1. The van der Waals surface area contributed by atoms with Crippen molar-refractivity contribution in [1.82, 2.24) is 29.3 Å². The lowest BCUT2D eigenvalue weighted by Gasteiger charge is -2.47. The molecule has 5 aliphatic rings. The number of halogens is 1. The number of pyridine rings is 2. The number of nitrogens with zero attached hydrogens (tertiary/aromatic N) is 7. The summed E-state index contributed by atoms with van der Waals surface area (Å²) in [6, 6.07) is 10.6. The van der Waals surface area contributed by atoms with Gasteiger partial charge in [0, 0.05) is 61.6 Å². The van der Waals surface area contributed by atoms with E-state index >= 15 is 0 Å². The molecule has 1 aromatic carbocycles. The molecule has 4 fully saturated rings. The predicted molar refractivity (Wildman–Crippen MR) is 197 cm³/mol. The number of anilines is 3. The van der Waals surface area contributed by atoms with Gasteiger partial charge >= 0.3 is 0 Å². The van der Waals surface area contributed by atoms with E-state index in [1.165, 1.54) is 12.6 Å². The topological polar surface area (TPSA) is 109 Å². The number of imidazole rings is 1. The number of piperidine rings is 1. The summed E-state index contributed by atoms with van der Waals surface area (Å²) in [5.74, 6) is 0.231. The molecule has 1 spiro atoms. The Hall–Kier alpha value is -4.42. The fraction of sp³-hybridized carbons (Fsp3) is 0.525. The van der Waals surface area contributed by atoms with Crippen LogP contribution in [0.15, 0.2) is 49.1 Å². The Bertz CT molecular complexity index is 2060. The largest absolute Gasteiger partial charge is 0.368 e. The molecule has 12 heteroatoms. The molecular weight excluding hydrogens is 659 g/mol. The number of fused-ring (bicyclic) bond motifs is 3. The first kappa shape index (κ1) is 33.4. The maximum atomic E-state index is 14.9. The van der Waals surface area contributed by atoms with Gasteiger partial charge in [-0.15, -0.1) is 0 Å². The monoisotopic (exact) mass is 706 g/mol. The van der Waals surface area contributed by atoms with E-state index in [0.29, 0.717) is 55.5 Å². The Labute approximate surface area is 303 Å². The van der Waals surface area contributed by atoms with E-state index in [2.05, 4.69) is 66.0 Å². The molecule has 1 aliphatic carbocycles. The molecule has 4 aliphatic heterocycles. The van der Waals surface area contributed by atoms with Crippen molar-refractivity contribution in [3.63, 3.8) is 0 Å². The maximum Gasteiger partial charge on any atom is 0.251 e. The summed E-state index contributed by atoms with van der Waals surface area (Å²) in [4.78, 5) is 48.3. The van der Waals surface area contributed by atoms with Gasteiger partial charge in [0.2, 0.25) is 5.91 Å². The molecule has 3 saturated heterocycles. The molecule has 1 unspecified atom stereocenters. The van der Waals surface area contributed by atoms with Crippen LogP contribution in [0.3, 0.4) is 0 Å². The lowest BCUT2D eigenvalue weighted by molar-refractivity contribution is -0.158. The maximum absolute atomic E-state index is 14.9. The van der Waals surface area contributed by atoms with Crippen LogP contribution in [0.25, 0.3) is 22.3 Å². The quantitative estimate of drug-likeness (QED) is 0.242. The Morgan fingerprint density at radius 2 is 1.85 bits per heavy atom. The van der Waals surface area contributed by atoms with Gasteiger partial charge in [-0.25, -0.2) is 14.4 Å². The van der Waals surface area contributed by atoms with Crippen molar-refractivity contribution in [3.8, 4) is 11.3 Å². The molecule has 3 aromatic heterocycles. The zero-order valence-corrected chi connectivity index (χ0v) is 30.4. The minimum atomic E-state index is -0.676. The summed E-state index contributed by atoms with van der Waals surface area (Å²) in [6.07, 6.45) is 9.23. The minimum absolute atomic E-state index is 0.0479. The van der Waals surface area contributed by atoms with Crippen molar-refractivity contribution in [2.24, 2.45) is 5.41 Å². The van der Waals surface area contributed by atoms with Crippen LogP contribution in [0.4, 0.5) is 21.6 Å². The first-order valence-electron chi connectivity index (χ1n) is 18.9. The zero-order chi connectivity index (χ0) is 35.9. The molecular formula is C40H47FN8O3. The number of rotatable bonds is 7. The van der Waals surface area contributed by atoms with Crippen LogP contribution < -0.4 is 10.2 Å². The summed E-state index contributed by atoms with van der Waals surface area (Å²) in [5.41, 5.74) is 4.98. The van der Waals surface area contributed by atoms with Gasteiger partial charge in [0.1, 0.15) is 11.6 Å². The van der Waals surface area contributed by atoms with E-state index in [1.54, 1.807) is 18.6 Å². The number of nitrogens with one attached hydrogen (secondary N) is 1. The third-order valence-corrected chi connectivity index (χ3v) is 12.4. The van der Waals surface area contributed by atoms with Crippen LogP contribution in [0.2, 0.25) is 0 Å². The van der Waals surface area contributed by atoms with E-state index in [-0.39, 0.29) is 35.7 Å². The van der Waals surface area contributed by atoms with Crippen LogP contribution in [0, 0.1) is 11.2 Å². The van der Waals surface area contributed by atoms with Gasteiger partial charge in [-0.05, 0) is 81.7 Å². The third kappa shape index (κ3) is 5.39. The smallest absolute Gasteiger partial charge is 0.251 e. The van der Waals surface area contributed by atoms with Gasteiger partial charge in [0.25, 0.3) is 5.91 Å². The Morgan fingerprint density at radius 3 is 2.52 bits per heavy atom. The number of ether oxygens (including phenoxy) is 1. The van der Waals surface area contributed by atoms with Gasteiger partial charge in [0.15, 0.2) is 11.6 Å². The molecule has 0 radical (unpaired) electrons. The van der Waals surface area contributed by atoms with E-state index in [4.69, 9.17) is 14.7 Å². The Kier molecular flexibility index (Phi) is 7.93. The minimum Gasteiger partial charge on any atom is -0.368 e. The highest BCUT2D eigenvalue weighted by Gasteiger charge is 2.56. The second-order valence-electron chi connectivity index (χ2n) is 16.6. The van der Waals surface area contributed by atoms with E-state index in [9.17, 15) is 14.0 Å². The lowest BCUT2D eigenvalue weighted by atomic mass is 9.73. The average molecular weight is 707 g/mol. The molecule has 4 aromatic rings. The van der Waals surface area contributed by atoms with Gasteiger partial charge in [-0.2, -0.15) is 0 Å². The summed E-state index contributed by atoms with van der Waals surface area (Å²) >= 11 is 0. The molecule has 52 heavy (non-hydrogen) atoms. The SMILES string of the molecule is CC(C)n1cnc2cc(-c3ccc4c(c3)N([C@H]3C[C@@H](N5CCC(C)(C)C5)C3)C(=O)C43CCN(C(=O)C4CCO4)CC3)nc(Nc3ccncc3F)c21. The van der Waals surface area contributed by atoms with Crippen molar-refractivity contribution >= 4 is 40.0 Å². The van der Waals surface area contributed by atoms with E-state index in [0.717, 1.165) is 60.2 Å². The number of benzene rings is 1. The molecule has 1 N–H and O–H groups in total. The molecule has 1 atom stereocenters. The van der Waals surface area contributed by atoms with Crippen molar-refractivity contribution in [3.05, 3.63) is 60.4 Å². The van der Waals surface area contributed by atoms with Gasteiger partial charge < -0.3 is 24.4 Å². The van der Waals surface area contributed by atoms with Gasteiger partial charge in [-0.3, -0.25) is 19.5 Å². The second-order valence-corrected chi connectivity index (χ2v) is 16.6. The van der Waals surface area contributed by atoms with Crippen molar-refractivity contribution in [2.75, 3.05) is 43.0 Å². The second kappa shape index (κ2) is 12.3. The fourth-order valence-corrected chi connectivity index (χ4v) is 9.16. The molecule has 11 nitrogen and oxygen atoms in total. The average Bonchev–Trinajstić information content (AvgIpc) is 3.74. The van der Waals surface area contributed by atoms with Crippen LogP contribution in [0.5, 0.6) is 0 Å². The molecule has 9 rings (SSSR count). The van der Waals surface area contributed by atoms with Crippen LogP contribution in [-0.4, -0.2) is 92.1 Å². The summed E-state index contributed by atoms with van der Waals surface area (Å²) in [6.45, 7) is 12.7. The van der Waals surface area contributed by atoms with E-state index in [1.807, 2.05) is 15.5 Å². The molecule has 272 valence electrons. The zero-order valence-electron chi connectivity index (χ0n) is 30.4. The molecule has 7 heterocycles. The fourth-order valence-electron chi connectivity index (χ4n) is 9.16. The number of hydrogen-bond acceptors (Lipinski definition) is 8. The highest BCUT2D eigenvalue weighted by molar-refractivity contribution is 6.09. The predicted octanol–water partition coefficient (Wildman–Crippen LogP) is 6.22. The van der Waals surface area contributed by atoms with Crippen LogP contribution in [-0.2, 0) is 19.7 Å². The van der Waals surface area contributed by atoms with Crippen molar-refractivity contribution in [1.29, 1.82) is 0 Å². The summed E-state index contributed by atoms with van der Waals surface area (Å²) < 4.78 is 22.4. The number of hydrogen-bond donors (Lipinski definition) is 1. The van der Waals surface area contributed by atoms with Crippen LogP contribution >= 0.6 is 0 Å². The number of amides is 2. The number of carbonyl (C=O) groups excluding carboxylic acids is 2. The molecule has 0 bridgehead atoms. The standard InChI is InChI=1S/C40H47FN8O3/c1-24(2)48-23-43-32-20-31(45-36(35(32)48)44-30-7-12-42-21-29(30)41)25-5-6-28-33(17-25)49(27-18-26(19-27)47-13-9-39(3,4)22-47)38(51)40(28)10-14-46(15-11-40)37(50)34-8-16-52-34/h5-7,12,17,20-21,23-24,26-27,34H,8-11,13-16,18-19,22H2,1-4H3,(H,42,44,45)/t26-,27+,34?.